The van der Waals surface area contributed by atoms with Crippen LogP contribution < -0.4 is 16.4 Å². The molecule has 0 saturated carbocycles. The molecule has 3 rings (SSSR count). The third kappa shape index (κ3) is 4.52. The number of amides is 2. The molecule has 7 heteroatoms. The Bertz CT molecular complexity index is 1030. The zero-order valence-corrected chi connectivity index (χ0v) is 15.0. The first-order chi connectivity index (χ1) is 13.6. The average molecular weight is 377 g/mol. The molecule has 0 spiro atoms. The second-order valence-corrected chi connectivity index (χ2v) is 6.16. The molecular weight excluding hydrogens is 358 g/mol. The lowest BCUT2D eigenvalue weighted by atomic mass is 10.1. The Morgan fingerprint density at radius 2 is 1.57 bits per heavy atom. The van der Waals surface area contributed by atoms with E-state index in [1.807, 2.05) is 30.3 Å². The van der Waals surface area contributed by atoms with Gasteiger partial charge in [0.15, 0.2) is 0 Å². The van der Waals surface area contributed by atoms with Gasteiger partial charge in [0.2, 0.25) is 0 Å². The van der Waals surface area contributed by atoms with Crippen molar-refractivity contribution >= 4 is 11.8 Å². The number of hydrogen-bond donors (Lipinski definition) is 3. The zero-order valence-electron chi connectivity index (χ0n) is 15.0. The van der Waals surface area contributed by atoms with Crippen molar-refractivity contribution < 1.29 is 14.8 Å². The number of benzene rings is 2. The summed E-state index contributed by atoms with van der Waals surface area (Å²) in [5.74, 6) is -1.04. The predicted octanol–water partition coefficient (Wildman–Crippen LogP) is 1.95. The minimum atomic E-state index is -0.610. The summed E-state index contributed by atoms with van der Waals surface area (Å²) < 4.78 is 1.43. The molecule has 0 aliphatic rings. The number of rotatable bonds is 6. The second-order valence-electron chi connectivity index (χ2n) is 6.16. The van der Waals surface area contributed by atoms with Crippen LogP contribution in [0.3, 0.4) is 0 Å². The van der Waals surface area contributed by atoms with Crippen LogP contribution in [0.5, 0.6) is 0 Å². The molecule has 0 saturated heterocycles. The summed E-state index contributed by atoms with van der Waals surface area (Å²) in [4.78, 5) is 36.4. The van der Waals surface area contributed by atoms with Crippen LogP contribution in [-0.4, -0.2) is 21.6 Å². The van der Waals surface area contributed by atoms with E-state index in [0.717, 1.165) is 11.1 Å². The Hall–Kier alpha value is -3.71. The third-order valence-electron chi connectivity index (χ3n) is 4.23. The summed E-state index contributed by atoms with van der Waals surface area (Å²) >= 11 is 0. The summed E-state index contributed by atoms with van der Waals surface area (Å²) in [6.07, 6.45) is 1.60. The molecular formula is C21H19N3O4. The Morgan fingerprint density at radius 1 is 0.857 bits per heavy atom. The van der Waals surface area contributed by atoms with Crippen LogP contribution in [0.1, 0.15) is 31.8 Å². The molecule has 1 heterocycles. The minimum absolute atomic E-state index is 0.0645. The van der Waals surface area contributed by atoms with Gasteiger partial charge in [0.25, 0.3) is 17.4 Å². The smallest absolute Gasteiger partial charge is 0.274 e. The Morgan fingerprint density at radius 3 is 2.25 bits per heavy atom. The van der Waals surface area contributed by atoms with E-state index in [9.17, 15) is 14.4 Å². The van der Waals surface area contributed by atoms with Crippen molar-refractivity contribution in [3.05, 3.63) is 106 Å². The number of carbonyl (C=O) groups is 2. The number of hydroxylamine groups is 1. The molecule has 28 heavy (non-hydrogen) atoms. The van der Waals surface area contributed by atoms with Gasteiger partial charge in [-0.15, -0.1) is 0 Å². The van der Waals surface area contributed by atoms with Crippen LogP contribution in [0.4, 0.5) is 0 Å². The Kier molecular flexibility index (Phi) is 5.98. The molecule has 0 radical (unpaired) electrons. The molecule has 0 atom stereocenters. The lowest BCUT2D eigenvalue weighted by Gasteiger charge is -2.09. The monoisotopic (exact) mass is 377 g/mol. The van der Waals surface area contributed by atoms with Crippen molar-refractivity contribution in [2.24, 2.45) is 0 Å². The van der Waals surface area contributed by atoms with E-state index >= 15 is 0 Å². The first-order valence-electron chi connectivity index (χ1n) is 8.63. The van der Waals surface area contributed by atoms with Gasteiger partial charge < -0.3 is 9.88 Å². The first-order valence-corrected chi connectivity index (χ1v) is 8.63. The van der Waals surface area contributed by atoms with Gasteiger partial charge >= 0.3 is 0 Å². The van der Waals surface area contributed by atoms with E-state index < -0.39 is 17.4 Å². The highest BCUT2D eigenvalue weighted by molar-refractivity contribution is 5.94. The van der Waals surface area contributed by atoms with E-state index in [-0.39, 0.29) is 12.1 Å². The molecule has 1 aromatic heterocycles. The molecule has 142 valence electrons. The van der Waals surface area contributed by atoms with E-state index in [1.54, 1.807) is 42.0 Å². The van der Waals surface area contributed by atoms with Gasteiger partial charge in [-0.3, -0.25) is 19.6 Å². The van der Waals surface area contributed by atoms with E-state index in [2.05, 4.69) is 5.32 Å². The molecule has 2 amide bonds. The highest BCUT2D eigenvalue weighted by Crippen LogP contribution is 2.06. The van der Waals surface area contributed by atoms with Gasteiger partial charge in [-0.25, -0.2) is 5.48 Å². The fourth-order valence-corrected chi connectivity index (χ4v) is 2.73. The fraction of sp³-hybridized carbons (Fsp3) is 0.0952. The maximum atomic E-state index is 12.7. The maximum Gasteiger partial charge on any atom is 0.274 e. The van der Waals surface area contributed by atoms with Crippen molar-refractivity contribution in [1.29, 1.82) is 0 Å². The summed E-state index contributed by atoms with van der Waals surface area (Å²) in [7, 11) is 0. The molecule has 2 aromatic carbocycles. The Labute approximate surface area is 161 Å². The Balaban J connectivity index is 1.72. The van der Waals surface area contributed by atoms with Crippen LogP contribution >= 0.6 is 0 Å². The number of nitrogens with zero attached hydrogens (tertiary/aromatic N) is 1. The van der Waals surface area contributed by atoms with Gasteiger partial charge in [-0.2, -0.15) is 0 Å². The highest BCUT2D eigenvalue weighted by Gasteiger charge is 2.12. The first kappa shape index (κ1) is 19.1. The van der Waals surface area contributed by atoms with Crippen LogP contribution in [0.15, 0.2) is 77.7 Å². The summed E-state index contributed by atoms with van der Waals surface area (Å²) in [6.45, 7) is 0.585. The quantitative estimate of drug-likeness (QED) is 0.451. The molecule has 7 nitrogen and oxygen atoms in total. The zero-order chi connectivity index (χ0) is 19.9. The number of hydrogen-bond acceptors (Lipinski definition) is 4. The van der Waals surface area contributed by atoms with Gasteiger partial charge in [-0.1, -0.05) is 42.5 Å². The molecule has 0 fully saturated rings. The normalized spacial score (nSPS) is 10.3. The number of pyridine rings is 1. The topological polar surface area (TPSA) is 100 Å². The van der Waals surface area contributed by atoms with Crippen LogP contribution in [-0.2, 0) is 13.1 Å². The fourth-order valence-electron chi connectivity index (χ4n) is 2.73. The van der Waals surface area contributed by atoms with Crippen molar-refractivity contribution in [3.8, 4) is 0 Å². The standard InChI is InChI=1S/C21H19N3O4/c25-19(23-28)17-10-8-16(9-11-17)14-24-12-4-7-18(21(24)27)20(26)22-13-15-5-2-1-3-6-15/h1-12,28H,13-14H2,(H,22,26)(H,23,25). The average Bonchev–Trinajstić information content (AvgIpc) is 2.74. The van der Waals surface area contributed by atoms with E-state index in [4.69, 9.17) is 5.21 Å². The summed E-state index contributed by atoms with van der Waals surface area (Å²) in [5.41, 5.74) is 3.25. The SMILES string of the molecule is O=C(NO)c1ccc(Cn2cccc(C(=O)NCc3ccccc3)c2=O)cc1. The third-order valence-corrected chi connectivity index (χ3v) is 4.23. The minimum Gasteiger partial charge on any atom is -0.348 e. The number of carbonyl (C=O) groups excluding carboxylic acids is 2. The lowest BCUT2D eigenvalue weighted by Crippen LogP contribution is -2.32. The van der Waals surface area contributed by atoms with Gasteiger partial charge in [-0.05, 0) is 35.4 Å². The van der Waals surface area contributed by atoms with Gasteiger partial charge in [0, 0.05) is 18.3 Å². The van der Waals surface area contributed by atoms with Crippen molar-refractivity contribution in [1.82, 2.24) is 15.4 Å². The van der Waals surface area contributed by atoms with E-state index in [0.29, 0.717) is 12.1 Å². The maximum absolute atomic E-state index is 12.7. The van der Waals surface area contributed by atoms with Crippen molar-refractivity contribution in [3.63, 3.8) is 0 Å². The van der Waals surface area contributed by atoms with Crippen molar-refractivity contribution in [2.75, 3.05) is 0 Å². The molecule has 0 bridgehead atoms. The van der Waals surface area contributed by atoms with Gasteiger partial charge in [0.05, 0.1) is 6.54 Å². The molecule has 0 aliphatic carbocycles. The predicted molar refractivity (Wildman–Crippen MR) is 103 cm³/mol. The largest absolute Gasteiger partial charge is 0.348 e. The molecule has 3 N–H and O–H groups in total. The molecule has 3 aromatic rings. The summed E-state index contributed by atoms with van der Waals surface area (Å²) in [6, 6.07) is 19.0. The number of aromatic nitrogens is 1. The van der Waals surface area contributed by atoms with Crippen LogP contribution in [0.25, 0.3) is 0 Å². The number of nitrogens with one attached hydrogen (secondary N) is 2. The molecule has 0 unspecified atom stereocenters. The van der Waals surface area contributed by atoms with Crippen LogP contribution in [0, 0.1) is 0 Å². The summed E-state index contributed by atoms with van der Waals surface area (Å²) in [5, 5.41) is 11.4. The highest BCUT2D eigenvalue weighted by atomic mass is 16.5. The van der Waals surface area contributed by atoms with Gasteiger partial charge in [0.1, 0.15) is 5.56 Å². The molecule has 0 aliphatic heterocycles. The second kappa shape index (κ2) is 8.79. The van der Waals surface area contributed by atoms with Crippen LogP contribution in [0.2, 0.25) is 0 Å². The van der Waals surface area contributed by atoms with Crippen molar-refractivity contribution in [2.45, 2.75) is 13.1 Å². The lowest BCUT2D eigenvalue weighted by molar-refractivity contribution is 0.0706. The van der Waals surface area contributed by atoms with E-state index in [1.165, 1.54) is 10.6 Å².